The lowest BCUT2D eigenvalue weighted by molar-refractivity contribution is 0.0371. The molecule has 0 saturated carbocycles. The van der Waals surface area contributed by atoms with Gasteiger partial charge in [0.2, 0.25) is 0 Å². The van der Waals surface area contributed by atoms with E-state index in [1.165, 1.54) is 7.11 Å². The number of carbonyl (C=O) groups excluding carboxylic acids is 2. The maximum absolute atomic E-state index is 12.4. The number of hydrogen-bond donors (Lipinski definition) is 2. The lowest BCUT2D eigenvalue weighted by Gasteiger charge is -2.27. The van der Waals surface area contributed by atoms with Crippen molar-refractivity contribution < 1.29 is 28.5 Å². The molecule has 2 atom stereocenters. The summed E-state index contributed by atoms with van der Waals surface area (Å²) in [4.78, 5) is 24.7. The summed E-state index contributed by atoms with van der Waals surface area (Å²) in [6.07, 6.45) is -1.64. The van der Waals surface area contributed by atoms with E-state index in [2.05, 4.69) is 10.6 Å². The Balaban J connectivity index is 2.05. The van der Waals surface area contributed by atoms with Crippen molar-refractivity contribution in [3.05, 3.63) is 65.7 Å². The molecule has 2 aromatic rings. The quantitative estimate of drug-likeness (QED) is 0.551. The van der Waals surface area contributed by atoms with Crippen LogP contribution in [0.25, 0.3) is 0 Å². The molecule has 0 aromatic heterocycles. The molecule has 0 saturated heterocycles. The van der Waals surface area contributed by atoms with Crippen LogP contribution in [0, 0.1) is 0 Å². The molecule has 2 amide bonds. The predicted octanol–water partition coefficient (Wildman–Crippen LogP) is 4.55. The Bertz CT molecular complexity index is 849. The van der Waals surface area contributed by atoms with Crippen LogP contribution in [-0.4, -0.2) is 38.2 Å². The molecule has 8 nitrogen and oxygen atoms in total. The van der Waals surface area contributed by atoms with Gasteiger partial charge in [0.25, 0.3) is 0 Å². The fourth-order valence-electron chi connectivity index (χ4n) is 2.89. The van der Waals surface area contributed by atoms with Gasteiger partial charge in [0.1, 0.15) is 24.2 Å². The van der Waals surface area contributed by atoms with E-state index in [9.17, 15) is 9.59 Å². The van der Waals surface area contributed by atoms with Gasteiger partial charge in [-0.2, -0.15) is 0 Å². The Labute approximate surface area is 189 Å². The lowest BCUT2D eigenvalue weighted by Crippen LogP contribution is -2.41. The second-order valence-electron chi connectivity index (χ2n) is 8.14. The van der Waals surface area contributed by atoms with Gasteiger partial charge in [0.15, 0.2) is 0 Å². The van der Waals surface area contributed by atoms with E-state index < -0.39 is 30.1 Å². The molecular formula is C24H32N2O6. The zero-order valence-corrected chi connectivity index (χ0v) is 19.2. The molecule has 0 aliphatic heterocycles. The zero-order chi connectivity index (χ0) is 23.6. The summed E-state index contributed by atoms with van der Waals surface area (Å²) >= 11 is 0. The maximum Gasteiger partial charge on any atom is 0.409 e. The van der Waals surface area contributed by atoms with Gasteiger partial charge in [-0.3, -0.25) is 5.32 Å². The highest BCUT2D eigenvalue weighted by molar-refractivity contribution is 5.69. The van der Waals surface area contributed by atoms with Crippen molar-refractivity contribution in [1.29, 1.82) is 0 Å². The molecule has 2 rings (SSSR count). The number of benzene rings is 2. The Kier molecular flexibility index (Phi) is 9.34. The van der Waals surface area contributed by atoms with E-state index in [0.717, 1.165) is 11.1 Å². The van der Waals surface area contributed by atoms with Crippen LogP contribution in [-0.2, 0) is 20.8 Å². The van der Waals surface area contributed by atoms with Crippen LogP contribution in [0.4, 0.5) is 9.59 Å². The van der Waals surface area contributed by atoms with E-state index in [0.29, 0.717) is 5.75 Å². The standard InChI is InChI=1S/C24H32N2O6/c1-24(2,3)32-23(28)25-20(18-11-13-19(29-4)14-12-18)15-21(30-5)26-22(27)31-16-17-9-7-6-8-10-17/h6-14,20-21H,15-16H2,1-5H3,(H,25,28)(H,26,27)/t20-,21?/m0/s1. The van der Waals surface area contributed by atoms with Crippen LogP contribution in [0.3, 0.4) is 0 Å². The van der Waals surface area contributed by atoms with Crippen molar-refractivity contribution in [2.45, 2.75) is 51.7 Å². The van der Waals surface area contributed by atoms with E-state index >= 15 is 0 Å². The number of nitrogens with one attached hydrogen (secondary N) is 2. The van der Waals surface area contributed by atoms with Gasteiger partial charge in [-0.25, -0.2) is 9.59 Å². The zero-order valence-electron chi connectivity index (χ0n) is 19.2. The average molecular weight is 445 g/mol. The molecule has 0 aliphatic carbocycles. The number of methoxy groups -OCH3 is 2. The highest BCUT2D eigenvalue weighted by Crippen LogP contribution is 2.23. The normalized spacial score (nSPS) is 12.9. The van der Waals surface area contributed by atoms with E-state index in [4.69, 9.17) is 18.9 Å². The monoisotopic (exact) mass is 444 g/mol. The first-order valence-corrected chi connectivity index (χ1v) is 10.3. The third-order valence-electron chi connectivity index (χ3n) is 4.44. The first kappa shape index (κ1) is 25.0. The third kappa shape index (κ3) is 8.85. The third-order valence-corrected chi connectivity index (χ3v) is 4.44. The van der Waals surface area contributed by atoms with Crippen molar-refractivity contribution >= 4 is 12.2 Å². The second-order valence-corrected chi connectivity index (χ2v) is 8.14. The first-order chi connectivity index (χ1) is 15.2. The molecule has 1 unspecified atom stereocenters. The summed E-state index contributed by atoms with van der Waals surface area (Å²) in [7, 11) is 3.05. The Morgan fingerprint density at radius 2 is 1.56 bits per heavy atom. The van der Waals surface area contributed by atoms with Crippen LogP contribution in [0.1, 0.15) is 44.4 Å². The topological polar surface area (TPSA) is 95.1 Å². The van der Waals surface area contributed by atoms with Crippen molar-refractivity contribution in [3.8, 4) is 5.75 Å². The number of hydrogen-bond acceptors (Lipinski definition) is 6. The Morgan fingerprint density at radius 3 is 2.12 bits per heavy atom. The minimum Gasteiger partial charge on any atom is -0.497 e. The summed E-state index contributed by atoms with van der Waals surface area (Å²) in [6, 6.07) is 16.1. The summed E-state index contributed by atoms with van der Waals surface area (Å²) in [5.74, 6) is 0.690. The summed E-state index contributed by atoms with van der Waals surface area (Å²) in [6.45, 7) is 5.51. The molecule has 2 N–H and O–H groups in total. The molecule has 2 aromatic carbocycles. The SMILES string of the molecule is COc1ccc([C@H](CC(NC(=O)OCc2ccccc2)OC)NC(=O)OC(C)(C)C)cc1. The minimum atomic E-state index is -0.708. The van der Waals surface area contributed by atoms with Gasteiger partial charge in [-0.15, -0.1) is 0 Å². The van der Waals surface area contributed by atoms with Gasteiger partial charge in [-0.1, -0.05) is 42.5 Å². The van der Waals surface area contributed by atoms with E-state index in [-0.39, 0.29) is 13.0 Å². The summed E-state index contributed by atoms with van der Waals surface area (Å²) in [5, 5.41) is 5.53. The largest absolute Gasteiger partial charge is 0.497 e. The van der Waals surface area contributed by atoms with Crippen molar-refractivity contribution in [2.75, 3.05) is 14.2 Å². The molecular weight excluding hydrogens is 412 g/mol. The average Bonchev–Trinajstić information content (AvgIpc) is 2.76. The number of alkyl carbamates (subject to hydrolysis) is 2. The maximum atomic E-state index is 12.4. The van der Waals surface area contributed by atoms with Crippen molar-refractivity contribution in [2.24, 2.45) is 0 Å². The minimum absolute atomic E-state index is 0.140. The van der Waals surface area contributed by atoms with Gasteiger partial charge in [-0.05, 0) is 44.0 Å². The van der Waals surface area contributed by atoms with Crippen LogP contribution in [0.2, 0.25) is 0 Å². The van der Waals surface area contributed by atoms with Gasteiger partial charge in [0, 0.05) is 13.5 Å². The van der Waals surface area contributed by atoms with Crippen LogP contribution >= 0.6 is 0 Å². The second kappa shape index (κ2) is 12.0. The van der Waals surface area contributed by atoms with Crippen molar-refractivity contribution in [1.82, 2.24) is 10.6 Å². The molecule has 174 valence electrons. The molecule has 0 heterocycles. The molecule has 0 fully saturated rings. The fraction of sp³-hybridized carbons (Fsp3) is 0.417. The molecule has 0 radical (unpaired) electrons. The van der Waals surface area contributed by atoms with Gasteiger partial charge in [0.05, 0.1) is 13.2 Å². The molecule has 0 bridgehead atoms. The molecule has 8 heteroatoms. The van der Waals surface area contributed by atoms with Gasteiger partial charge < -0.3 is 24.3 Å². The predicted molar refractivity (Wildman–Crippen MR) is 120 cm³/mol. The number of carbonyl (C=O) groups is 2. The summed E-state index contributed by atoms with van der Waals surface area (Å²) in [5.41, 5.74) is 1.03. The lowest BCUT2D eigenvalue weighted by atomic mass is 10.0. The molecule has 0 aliphatic rings. The number of ether oxygens (including phenoxy) is 4. The Hall–Kier alpha value is -3.26. The van der Waals surface area contributed by atoms with Crippen LogP contribution in [0.15, 0.2) is 54.6 Å². The summed E-state index contributed by atoms with van der Waals surface area (Å²) < 4.78 is 21.3. The van der Waals surface area contributed by atoms with E-state index in [1.54, 1.807) is 40.0 Å². The van der Waals surface area contributed by atoms with Crippen molar-refractivity contribution in [3.63, 3.8) is 0 Å². The van der Waals surface area contributed by atoms with Crippen LogP contribution < -0.4 is 15.4 Å². The Morgan fingerprint density at radius 1 is 0.906 bits per heavy atom. The van der Waals surface area contributed by atoms with E-state index in [1.807, 2.05) is 42.5 Å². The highest BCUT2D eigenvalue weighted by Gasteiger charge is 2.24. The highest BCUT2D eigenvalue weighted by atomic mass is 16.6. The first-order valence-electron chi connectivity index (χ1n) is 10.3. The fourth-order valence-corrected chi connectivity index (χ4v) is 2.89. The van der Waals surface area contributed by atoms with Crippen LogP contribution in [0.5, 0.6) is 5.75 Å². The molecule has 0 spiro atoms. The smallest absolute Gasteiger partial charge is 0.409 e. The van der Waals surface area contributed by atoms with Gasteiger partial charge >= 0.3 is 12.2 Å². The number of rotatable bonds is 9. The number of amides is 2. The molecule has 32 heavy (non-hydrogen) atoms.